The van der Waals surface area contributed by atoms with Crippen molar-refractivity contribution in [2.75, 3.05) is 13.1 Å². The average Bonchev–Trinajstić information content (AvgIpc) is 3.71. The fraction of sp³-hybridized carbons (Fsp3) is 0.167. The maximum atomic E-state index is 11.2. The van der Waals surface area contributed by atoms with Crippen LogP contribution >= 0.6 is 0 Å². The van der Waals surface area contributed by atoms with Gasteiger partial charge >= 0.3 is 0 Å². The van der Waals surface area contributed by atoms with Gasteiger partial charge in [0.05, 0.1) is 47.1 Å². The Balaban J connectivity index is 0.000000220. The maximum Gasteiger partial charge on any atom is 0.267 e. The molecule has 2 atom stereocenters. The van der Waals surface area contributed by atoms with Gasteiger partial charge in [0.2, 0.25) is 13.1 Å². The molecule has 0 N–H and O–H groups in total. The molecule has 16 heteroatoms. The highest BCUT2D eigenvalue weighted by Crippen LogP contribution is 2.29. The van der Waals surface area contributed by atoms with Crippen molar-refractivity contribution in [1.82, 2.24) is 0 Å². The van der Waals surface area contributed by atoms with Gasteiger partial charge in [-0.05, 0) is 48.5 Å². The van der Waals surface area contributed by atoms with E-state index in [9.17, 15) is 40.5 Å². The summed E-state index contributed by atoms with van der Waals surface area (Å²) in [7, 11) is 0. The topological polar surface area (TPSA) is 225 Å². The molecular formula is C24H20N4O12. The van der Waals surface area contributed by atoms with Gasteiger partial charge in [-0.25, -0.2) is 0 Å². The third-order valence-corrected chi connectivity index (χ3v) is 5.24. The maximum absolute atomic E-state index is 11.2. The Bertz CT molecular complexity index is 1340. The lowest BCUT2D eigenvalue weighted by atomic mass is 10.0. The highest BCUT2D eigenvalue weighted by atomic mass is 16.6. The lowest BCUT2D eigenvalue weighted by Crippen LogP contribution is -2.18. The van der Waals surface area contributed by atoms with Crippen LogP contribution in [0.3, 0.4) is 0 Å². The molecule has 4 aromatic rings. The number of rotatable bonds is 12. The smallest absolute Gasteiger partial charge is 0.267 e. The van der Waals surface area contributed by atoms with E-state index >= 15 is 0 Å². The molecule has 40 heavy (non-hydrogen) atoms. The lowest BCUT2D eigenvalue weighted by molar-refractivity contribution is -0.494. The van der Waals surface area contributed by atoms with E-state index in [0.29, 0.717) is 0 Å². The quantitative estimate of drug-likeness (QED) is 0.164. The normalized spacial score (nSPS) is 13.1. The molecule has 4 aromatic heterocycles. The van der Waals surface area contributed by atoms with Gasteiger partial charge < -0.3 is 17.7 Å². The van der Waals surface area contributed by atoms with Gasteiger partial charge in [0.25, 0.3) is 11.4 Å². The van der Waals surface area contributed by atoms with Crippen LogP contribution in [0.2, 0.25) is 0 Å². The average molecular weight is 556 g/mol. The van der Waals surface area contributed by atoms with Crippen LogP contribution in [0.25, 0.3) is 12.2 Å². The second kappa shape index (κ2) is 13.7. The van der Waals surface area contributed by atoms with Gasteiger partial charge in [-0.3, -0.25) is 40.5 Å². The minimum absolute atomic E-state index is 0.163. The largest absolute Gasteiger partial charge is 0.468 e. The number of nitrogens with zero attached hydrogens (tertiary/aromatic N) is 4. The molecule has 0 fully saturated rings. The molecule has 0 radical (unpaired) electrons. The predicted molar refractivity (Wildman–Crippen MR) is 134 cm³/mol. The molecule has 0 aliphatic heterocycles. The van der Waals surface area contributed by atoms with Crippen molar-refractivity contribution in [3.8, 4) is 0 Å². The number of hydrogen-bond donors (Lipinski definition) is 0. The Kier molecular flexibility index (Phi) is 9.82. The minimum atomic E-state index is -1.08. The summed E-state index contributed by atoms with van der Waals surface area (Å²) in [4.78, 5) is 41.2. The lowest BCUT2D eigenvalue weighted by Gasteiger charge is -2.07. The summed E-state index contributed by atoms with van der Waals surface area (Å²) in [5.74, 6) is -1.35. The van der Waals surface area contributed by atoms with Crippen molar-refractivity contribution >= 4 is 12.2 Å². The molecule has 208 valence electrons. The van der Waals surface area contributed by atoms with Gasteiger partial charge in [0, 0.05) is 9.85 Å². The first kappa shape index (κ1) is 28.8. The summed E-state index contributed by atoms with van der Waals surface area (Å²) in [5.41, 5.74) is -0.710. The molecule has 0 saturated heterocycles. The van der Waals surface area contributed by atoms with Crippen LogP contribution in [0, 0.1) is 40.5 Å². The Morgan fingerprint density at radius 1 is 0.600 bits per heavy atom. The van der Waals surface area contributed by atoms with Gasteiger partial charge in [-0.2, -0.15) is 0 Å². The molecule has 0 unspecified atom stereocenters. The van der Waals surface area contributed by atoms with Crippen LogP contribution in [0.1, 0.15) is 34.9 Å². The molecule has 0 aliphatic carbocycles. The van der Waals surface area contributed by atoms with Gasteiger partial charge in [0.1, 0.15) is 23.0 Å². The van der Waals surface area contributed by atoms with Gasteiger partial charge in [-0.15, -0.1) is 0 Å². The fourth-order valence-electron chi connectivity index (χ4n) is 3.54. The Morgan fingerprint density at radius 3 is 1.20 bits per heavy atom. The number of hydrogen-bond acceptors (Lipinski definition) is 12. The molecule has 4 rings (SSSR count). The molecular weight excluding hydrogens is 536 g/mol. The third kappa shape index (κ3) is 8.10. The Hall–Kier alpha value is -5.80. The standard InChI is InChI=1S/2C12H10N2O6/c2*15-13(16)8-10(12-4-2-6-20-12)11(14(17)18)7-9-3-1-5-19-9/h2*1-7,10H,8H2/b2*11-7+/t2*10-/m11/s1. The molecule has 0 saturated carbocycles. The van der Waals surface area contributed by atoms with Crippen molar-refractivity contribution < 1.29 is 37.4 Å². The van der Waals surface area contributed by atoms with Crippen molar-refractivity contribution in [2.45, 2.75) is 11.8 Å². The monoisotopic (exact) mass is 556 g/mol. The zero-order valence-corrected chi connectivity index (χ0v) is 20.3. The predicted octanol–water partition coefficient (Wildman–Crippen LogP) is 5.10. The summed E-state index contributed by atoms with van der Waals surface area (Å²) >= 11 is 0. The summed E-state index contributed by atoms with van der Waals surface area (Å²) in [5, 5.41) is 43.8. The molecule has 16 nitrogen and oxygen atoms in total. The Morgan fingerprint density at radius 2 is 0.950 bits per heavy atom. The van der Waals surface area contributed by atoms with Crippen molar-refractivity contribution in [3.63, 3.8) is 0 Å². The molecule has 0 spiro atoms. The first-order chi connectivity index (χ1) is 19.2. The SMILES string of the molecule is O=[N+]([O-])C[C@H](/C(=C\c1ccco1)[N+](=O)[O-])c1ccco1.O=[N+]([O-])C[C@H](/C(=C\c1ccco1)[N+](=O)[O-])c1ccco1. The zero-order valence-electron chi connectivity index (χ0n) is 20.3. The number of furan rings is 4. The number of nitro groups is 4. The van der Waals surface area contributed by atoms with E-state index in [1.54, 1.807) is 12.1 Å². The van der Waals surface area contributed by atoms with Gasteiger partial charge in [0.15, 0.2) is 11.8 Å². The Labute approximate surface area is 223 Å². The van der Waals surface area contributed by atoms with E-state index in [2.05, 4.69) is 0 Å². The van der Waals surface area contributed by atoms with E-state index < -0.39 is 44.6 Å². The van der Waals surface area contributed by atoms with E-state index in [1.807, 2.05) is 0 Å². The first-order valence-corrected chi connectivity index (χ1v) is 11.2. The fourth-order valence-corrected chi connectivity index (χ4v) is 3.54. The van der Waals surface area contributed by atoms with Gasteiger partial charge in [-0.1, -0.05) is 0 Å². The van der Waals surface area contributed by atoms with E-state index in [1.165, 1.54) is 61.5 Å². The second-order valence-electron chi connectivity index (χ2n) is 7.85. The van der Waals surface area contributed by atoms with Crippen molar-refractivity contribution in [2.24, 2.45) is 0 Å². The highest BCUT2D eigenvalue weighted by Gasteiger charge is 2.35. The minimum Gasteiger partial charge on any atom is -0.468 e. The first-order valence-electron chi connectivity index (χ1n) is 11.2. The molecule has 0 aromatic carbocycles. The van der Waals surface area contributed by atoms with E-state index in [0.717, 1.165) is 12.2 Å². The zero-order chi connectivity index (χ0) is 29.1. The summed E-state index contributed by atoms with van der Waals surface area (Å²) in [6, 6.07) is 12.2. The van der Waals surface area contributed by atoms with Crippen LogP contribution in [0.15, 0.2) is 103 Å². The summed E-state index contributed by atoms with van der Waals surface area (Å²) in [6.07, 6.45) is 7.67. The van der Waals surface area contributed by atoms with Crippen LogP contribution in [0.5, 0.6) is 0 Å². The highest BCUT2D eigenvalue weighted by molar-refractivity contribution is 5.48. The summed E-state index contributed by atoms with van der Waals surface area (Å²) in [6.45, 7) is -1.28. The van der Waals surface area contributed by atoms with Crippen molar-refractivity contribution in [1.29, 1.82) is 0 Å². The van der Waals surface area contributed by atoms with Crippen LogP contribution in [-0.2, 0) is 0 Å². The van der Waals surface area contributed by atoms with Crippen molar-refractivity contribution in [3.05, 3.63) is 148 Å². The van der Waals surface area contributed by atoms with Crippen LogP contribution in [-0.4, -0.2) is 32.8 Å². The van der Waals surface area contributed by atoms with Crippen LogP contribution in [0.4, 0.5) is 0 Å². The molecule has 0 aliphatic rings. The molecule has 0 bridgehead atoms. The molecule has 0 amide bonds. The second-order valence-corrected chi connectivity index (χ2v) is 7.85. The van der Waals surface area contributed by atoms with Crippen LogP contribution < -0.4 is 0 Å². The molecule has 4 heterocycles. The summed E-state index contributed by atoms with van der Waals surface area (Å²) < 4.78 is 20.1. The van der Waals surface area contributed by atoms with E-state index in [-0.39, 0.29) is 34.4 Å². The van der Waals surface area contributed by atoms with E-state index in [4.69, 9.17) is 17.7 Å². The third-order valence-electron chi connectivity index (χ3n) is 5.24.